The van der Waals surface area contributed by atoms with Crippen LogP contribution in [0.15, 0.2) is 65.6 Å². The molecule has 2 heterocycles. The van der Waals surface area contributed by atoms with Gasteiger partial charge in [-0.15, -0.1) is 0 Å². The van der Waals surface area contributed by atoms with E-state index in [4.69, 9.17) is 4.98 Å². The average molecular weight is 387 g/mol. The van der Waals surface area contributed by atoms with Crippen molar-refractivity contribution in [1.82, 2.24) is 24.4 Å². The van der Waals surface area contributed by atoms with Crippen LogP contribution in [-0.4, -0.2) is 44.4 Å². The lowest BCUT2D eigenvalue weighted by atomic mass is 10.1. The summed E-state index contributed by atoms with van der Waals surface area (Å²) in [5.74, 6) is -0.0860. The third kappa shape index (κ3) is 3.42. The van der Waals surface area contributed by atoms with Gasteiger partial charge in [0.2, 0.25) is 0 Å². The van der Waals surface area contributed by atoms with E-state index in [1.165, 1.54) is 4.90 Å². The van der Waals surface area contributed by atoms with Gasteiger partial charge in [-0.25, -0.2) is 14.8 Å². The Kier molecular flexibility index (Phi) is 4.72. The average Bonchev–Trinajstić information content (AvgIpc) is 3.08. The molecule has 0 bridgehead atoms. The van der Waals surface area contributed by atoms with E-state index in [9.17, 15) is 9.59 Å². The van der Waals surface area contributed by atoms with Crippen LogP contribution in [0.3, 0.4) is 0 Å². The van der Waals surface area contributed by atoms with E-state index in [0.29, 0.717) is 22.6 Å². The molecule has 0 aliphatic heterocycles. The van der Waals surface area contributed by atoms with Crippen molar-refractivity contribution in [3.05, 3.63) is 82.4 Å². The Hall–Kier alpha value is -3.74. The highest BCUT2D eigenvalue weighted by Gasteiger charge is 2.18. The van der Waals surface area contributed by atoms with Crippen LogP contribution in [0.2, 0.25) is 0 Å². The molecule has 0 radical (unpaired) electrons. The van der Waals surface area contributed by atoms with Gasteiger partial charge in [-0.1, -0.05) is 42.5 Å². The number of aromatic nitrogens is 4. The van der Waals surface area contributed by atoms with Gasteiger partial charge >= 0.3 is 5.69 Å². The van der Waals surface area contributed by atoms with E-state index >= 15 is 0 Å². The van der Waals surface area contributed by atoms with Crippen molar-refractivity contribution in [3.63, 3.8) is 0 Å². The van der Waals surface area contributed by atoms with Crippen molar-refractivity contribution in [2.24, 2.45) is 0 Å². The molecule has 0 fully saturated rings. The monoisotopic (exact) mass is 387 g/mol. The van der Waals surface area contributed by atoms with E-state index in [2.05, 4.69) is 9.97 Å². The SMILES string of the molecule is CC(c1ccccc1)n1c(=O)[nH]c2ncc(-c3cccc(C(=O)N(C)C)c3)nc21. The summed E-state index contributed by atoms with van der Waals surface area (Å²) in [7, 11) is 3.43. The number of H-pyrrole nitrogens is 1. The van der Waals surface area contributed by atoms with Gasteiger partial charge in [0.25, 0.3) is 5.91 Å². The molecular weight excluding hydrogens is 366 g/mol. The topological polar surface area (TPSA) is 83.9 Å². The maximum Gasteiger partial charge on any atom is 0.329 e. The first-order valence-electron chi connectivity index (χ1n) is 9.30. The number of amides is 1. The second-order valence-corrected chi connectivity index (χ2v) is 7.09. The zero-order valence-corrected chi connectivity index (χ0v) is 16.5. The minimum absolute atomic E-state index is 0.0860. The van der Waals surface area contributed by atoms with E-state index < -0.39 is 0 Å². The maximum atomic E-state index is 12.6. The van der Waals surface area contributed by atoms with E-state index in [0.717, 1.165) is 11.1 Å². The quantitative estimate of drug-likeness (QED) is 0.583. The van der Waals surface area contributed by atoms with Crippen LogP contribution < -0.4 is 5.69 Å². The fourth-order valence-corrected chi connectivity index (χ4v) is 3.34. The molecule has 4 rings (SSSR count). The molecule has 2 aromatic carbocycles. The second kappa shape index (κ2) is 7.35. The Morgan fingerprint density at radius 3 is 2.59 bits per heavy atom. The van der Waals surface area contributed by atoms with Crippen LogP contribution >= 0.6 is 0 Å². The van der Waals surface area contributed by atoms with Crippen molar-refractivity contribution in [3.8, 4) is 11.3 Å². The second-order valence-electron chi connectivity index (χ2n) is 7.09. The summed E-state index contributed by atoms with van der Waals surface area (Å²) in [6.07, 6.45) is 1.61. The van der Waals surface area contributed by atoms with Crippen molar-refractivity contribution in [2.75, 3.05) is 14.1 Å². The number of carbonyl (C=O) groups excluding carboxylic acids is 1. The van der Waals surface area contributed by atoms with Gasteiger partial charge in [0, 0.05) is 25.2 Å². The summed E-state index contributed by atoms with van der Waals surface area (Å²) in [6, 6.07) is 16.8. The number of carbonyl (C=O) groups is 1. The summed E-state index contributed by atoms with van der Waals surface area (Å²) in [4.78, 5) is 38.3. The number of fused-ring (bicyclic) bond motifs is 1. The normalized spacial score (nSPS) is 12.1. The highest BCUT2D eigenvalue weighted by molar-refractivity contribution is 5.95. The summed E-state index contributed by atoms with van der Waals surface area (Å²) in [6.45, 7) is 1.95. The lowest BCUT2D eigenvalue weighted by Gasteiger charge is -2.14. The fourth-order valence-electron chi connectivity index (χ4n) is 3.34. The molecule has 29 heavy (non-hydrogen) atoms. The molecule has 1 amide bonds. The highest BCUT2D eigenvalue weighted by atomic mass is 16.2. The van der Waals surface area contributed by atoms with Gasteiger partial charge in [-0.05, 0) is 24.6 Å². The Bertz CT molecular complexity index is 1240. The number of benzene rings is 2. The lowest BCUT2D eigenvalue weighted by Crippen LogP contribution is -2.21. The largest absolute Gasteiger partial charge is 0.345 e. The number of nitrogens with zero attached hydrogens (tertiary/aromatic N) is 4. The van der Waals surface area contributed by atoms with Crippen LogP contribution in [0.25, 0.3) is 22.6 Å². The molecule has 2 aromatic heterocycles. The third-order valence-electron chi connectivity index (χ3n) is 4.91. The number of hydrogen-bond donors (Lipinski definition) is 1. The Morgan fingerprint density at radius 1 is 1.10 bits per heavy atom. The van der Waals surface area contributed by atoms with E-state index in [1.54, 1.807) is 37.0 Å². The number of rotatable bonds is 4. The zero-order valence-electron chi connectivity index (χ0n) is 16.5. The number of aromatic amines is 1. The molecule has 0 aliphatic rings. The fraction of sp³-hybridized carbons (Fsp3) is 0.182. The number of hydrogen-bond acceptors (Lipinski definition) is 4. The third-order valence-corrected chi connectivity index (χ3v) is 4.91. The molecule has 0 aliphatic carbocycles. The molecule has 0 saturated heterocycles. The summed E-state index contributed by atoms with van der Waals surface area (Å²) in [5.41, 5.74) is 3.58. The maximum absolute atomic E-state index is 12.6. The minimum Gasteiger partial charge on any atom is -0.345 e. The molecule has 146 valence electrons. The highest BCUT2D eigenvalue weighted by Crippen LogP contribution is 2.23. The van der Waals surface area contributed by atoms with Crippen molar-refractivity contribution < 1.29 is 4.79 Å². The minimum atomic E-state index is -0.259. The summed E-state index contributed by atoms with van der Waals surface area (Å²) >= 11 is 0. The van der Waals surface area contributed by atoms with Crippen LogP contribution in [0.4, 0.5) is 0 Å². The van der Waals surface area contributed by atoms with Crippen LogP contribution in [0.5, 0.6) is 0 Å². The van der Waals surface area contributed by atoms with Gasteiger partial charge < -0.3 is 4.90 Å². The van der Waals surface area contributed by atoms with Crippen LogP contribution in [0.1, 0.15) is 28.9 Å². The Morgan fingerprint density at radius 2 is 1.86 bits per heavy atom. The molecule has 1 unspecified atom stereocenters. The van der Waals surface area contributed by atoms with Crippen LogP contribution in [-0.2, 0) is 0 Å². The number of nitrogens with one attached hydrogen (secondary N) is 1. The summed E-state index contributed by atoms with van der Waals surface area (Å²) < 4.78 is 1.61. The van der Waals surface area contributed by atoms with Gasteiger partial charge in [-0.2, -0.15) is 0 Å². The van der Waals surface area contributed by atoms with Gasteiger partial charge in [0.1, 0.15) is 0 Å². The van der Waals surface area contributed by atoms with Gasteiger partial charge in [-0.3, -0.25) is 14.3 Å². The molecule has 0 saturated carbocycles. The Labute approximate surface area is 167 Å². The van der Waals surface area contributed by atoms with Crippen molar-refractivity contribution in [1.29, 1.82) is 0 Å². The van der Waals surface area contributed by atoms with Gasteiger partial charge in [0.05, 0.1) is 17.9 Å². The summed E-state index contributed by atoms with van der Waals surface area (Å²) in [5, 5.41) is 0. The standard InChI is InChI=1S/C22H21N5O2/c1-14(15-8-5-4-6-9-15)27-20-19(25-22(27)29)23-13-18(24-20)16-10-7-11-17(12-16)21(28)26(2)3/h4-14H,1-3H3,(H,23,25,29). The number of imidazole rings is 1. The molecule has 7 heteroatoms. The van der Waals surface area contributed by atoms with E-state index in [1.807, 2.05) is 49.4 Å². The molecular formula is C22H21N5O2. The molecule has 1 N–H and O–H groups in total. The first-order chi connectivity index (χ1) is 14.0. The first kappa shape index (κ1) is 18.6. The zero-order chi connectivity index (χ0) is 20.5. The van der Waals surface area contributed by atoms with Gasteiger partial charge in [0.15, 0.2) is 11.3 Å². The molecule has 1 atom stereocenters. The molecule has 4 aromatic rings. The smallest absolute Gasteiger partial charge is 0.329 e. The van der Waals surface area contributed by atoms with E-state index in [-0.39, 0.29) is 17.6 Å². The molecule has 0 spiro atoms. The van der Waals surface area contributed by atoms with Crippen molar-refractivity contribution >= 4 is 17.2 Å². The molecule has 7 nitrogen and oxygen atoms in total. The predicted molar refractivity (Wildman–Crippen MR) is 112 cm³/mol. The first-order valence-corrected chi connectivity index (χ1v) is 9.30. The Balaban J connectivity index is 1.82. The predicted octanol–water partition coefficient (Wildman–Crippen LogP) is 3.10. The lowest BCUT2D eigenvalue weighted by molar-refractivity contribution is 0.0827. The van der Waals surface area contributed by atoms with Crippen molar-refractivity contribution in [2.45, 2.75) is 13.0 Å². The van der Waals surface area contributed by atoms with Crippen LogP contribution in [0, 0.1) is 0 Å².